The van der Waals surface area contributed by atoms with E-state index in [1.54, 1.807) is 0 Å². The molecule has 0 aliphatic carbocycles. The molecule has 0 spiro atoms. The first-order chi connectivity index (χ1) is 12.6. The number of nitrogens with zero attached hydrogens (tertiary/aromatic N) is 2. The zero-order valence-electron chi connectivity index (χ0n) is 16.3. The standard InChI is InChI=1S/C20H32N4O2/c1-4-21-19(23-15-20(2,3)24-9-11-25-12-10-24)22-14-17-13-16-7-5-6-8-18(16)26-17/h5-8,17H,4,9-15H2,1-3H3,(H2,21,22,23). The molecule has 2 N–H and O–H groups in total. The summed E-state index contributed by atoms with van der Waals surface area (Å²) in [6.07, 6.45) is 1.10. The van der Waals surface area contributed by atoms with Crippen molar-refractivity contribution in [2.75, 3.05) is 45.9 Å². The molecular weight excluding hydrogens is 328 g/mol. The number of hydrogen-bond donors (Lipinski definition) is 2. The van der Waals surface area contributed by atoms with Gasteiger partial charge in [0, 0.05) is 31.6 Å². The molecule has 0 bridgehead atoms. The maximum atomic E-state index is 6.01. The van der Waals surface area contributed by atoms with Crippen molar-refractivity contribution in [3.63, 3.8) is 0 Å². The molecule has 6 heteroatoms. The third kappa shape index (κ3) is 4.89. The zero-order valence-corrected chi connectivity index (χ0v) is 16.3. The second-order valence-electron chi connectivity index (χ2n) is 7.54. The van der Waals surface area contributed by atoms with Crippen molar-refractivity contribution < 1.29 is 9.47 Å². The predicted molar refractivity (Wildman–Crippen MR) is 105 cm³/mol. The van der Waals surface area contributed by atoms with Gasteiger partial charge in [-0.1, -0.05) is 18.2 Å². The van der Waals surface area contributed by atoms with E-state index >= 15 is 0 Å². The Kier molecular flexibility index (Phi) is 6.38. The van der Waals surface area contributed by atoms with Crippen LogP contribution in [0, 0.1) is 0 Å². The van der Waals surface area contributed by atoms with Gasteiger partial charge in [-0.2, -0.15) is 0 Å². The minimum Gasteiger partial charge on any atom is -0.488 e. The van der Waals surface area contributed by atoms with Gasteiger partial charge in [-0.05, 0) is 32.4 Å². The van der Waals surface area contributed by atoms with E-state index in [0.717, 1.165) is 64.1 Å². The van der Waals surface area contributed by atoms with Crippen LogP contribution in [0.25, 0.3) is 0 Å². The van der Waals surface area contributed by atoms with Crippen LogP contribution in [0.15, 0.2) is 29.3 Å². The van der Waals surface area contributed by atoms with E-state index in [-0.39, 0.29) is 11.6 Å². The molecule has 1 aromatic carbocycles. The van der Waals surface area contributed by atoms with Gasteiger partial charge in [-0.25, -0.2) is 0 Å². The van der Waals surface area contributed by atoms with Crippen molar-refractivity contribution in [1.29, 1.82) is 0 Å². The highest BCUT2D eigenvalue weighted by molar-refractivity contribution is 5.79. The van der Waals surface area contributed by atoms with Crippen LogP contribution in [-0.4, -0.2) is 68.4 Å². The van der Waals surface area contributed by atoms with Crippen LogP contribution in [0.3, 0.4) is 0 Å². The third-order valence-electron chi connectivity index (χ3n) is 5.05. The Labute approximate surface area is 157 Å². The fraction of sp³-hybridized carbons (Fsp3) is 0.650. The minimum atomic E-state index is 0.0201. The molecule has 1 unspecified atom stereocenters. The lowest BCUT2D eigenvalue weighted by Crippen LogP contribution is -2.52. The Morgan fingerprint density at radius 3 is 2.73 bits per heavy atom. The normalized spacial score (nSPS) is 21.2. The second-order valence-corrected chi connectivity index (χ2v) is 7.54. The number of hydrogen-bond acceptors (Lipinski definition) is 4. The van der Waals surface area contributed by atoms with E-state index < -0.39 is 0 Å². The summed E-state index contributed by atoms with van der Waals surface area (Å²) in [5, 5.41) is 6.79. The first-order valence-electron chi connectivity index (χ1n) is 9.68. The summed E-state index contributed by atoms with van der Waals surface area (Å²) in [7, 11) is 0. The van der Waals surface area contributed by atoms with Crippen molar-refractivity contribution >= 4 is 5.96 Å². The molecule has 0 amide bonds. The van der Waals surface area contributed by atoms with E-state index in [4.69, 9.17) is 14.5 Å². The van der Waals surface area contributed by atoms with Gasteiger partial charge in [-0.15, -0.1) is 0 Å². The van der Waals surface area contributed by atoms with Crippen molar-refractivity contribution in [3.05, 3.63) is 29.8 Å². The van der Waals surface area contributed by atoms with E-state index in [0.29, 0.717) is 0 Å². The number of guanidine groups is 1. The predicted octanol–water partition coefficient (Wildman–Crippen LogP) is 1.66. The molecular formula is C20H32N4O2. The van der Waals surface area contributed by atoms with Gasteiger partial charge >= 0.3 is 0 Å². The van der Waals surface area contributed by atoms with Gasteiger partial charge < -0.3 is 20.1 Å². The Bertz CT molecular complexity index is 587. The lowest BCUT2D eigenvalue weighted by molar-refractivity contribution is -0.00684. The van der Waals surface area contributed by atoms with E-state index in [2.05, 4.69) is 48.4 Å². The monoisotopic (exact) mass is 360 g/mol. The van der Waals surface area contributed by atoms with E-state index in [9.17, 15) is 0 Å². The van der Waals surface area contributed by atoms with Crippen molar-refractivity contribution in [2.45, 2.75) is 38.8 Å². The topological polar surface area (TPSA) is 58.1 Å². The number of morpholine rings is 1. The van der Waals surface area contributed by atoms with Gasteiger partial charge in [-0.3, -0.25) is 9.89 Å². The van der Waals surface area contributed by atoms with Crippen molar-refractivity contribution in [2.24, 2.45) is 4.99 Å². The van der Waals surface area contributed by atoms with Crippen LogP contribution in [0.4, 0.5) is 0 Å². The lowest BCUT2D eigenvalue weighted by Gasteiger charge is -2.39. The first kappa shape index (κ1) is 19.0. The van der Waals surface area contributed by atoms with Crippen LogP contribution >= 0.6 is 0 Å². The molecule has 2 aliphatic heterocycles. The molecule has 0 radical (unpaired) electrons. The van der Waals surface area contributed by atoms with Gasteiger partial charge in [0.2, 0.25) is 0 Å². The number of para-hydroxylation sites is 1. The summed E-state index contributed by atoms with van der Waals surface area (Å²) in [6.45, 7) is 12.5. The van der Waals surface area contributed by atoms with E-state index in [1.807, 2.05) is 12.1 Å². The number of nitrogens with one attached hydrogen (secondary N) is 2. The summed E-state index contributed by atoms with van der Waals surface area (Å²) in [6, 6.07) is 8.27. The number of rotatable bonds is 6. The fourth-order valence-corrected chi connectivity index (χ4v) is 3.46. The number of fused-ring (bicyclic) bond motifs is 1. The Balaban J connectivity index is 1.52. The number of benzene rings is 1. The molecule has 3 rings (SSSR count). The maximum absolute atomic E-state index is 6.01. The Morgan fingerprint density at radius 1 is 1.23 bits per heavy atom. The molecule has 26 heavy (non-hydrogen) atoms. The molecule has 144 valence electrons. The summed E-state index contributed by atoms with van der Waals surface area (Å²) in [5.74, 6) is 1.86. The number of aliphatic imine (C=N–C) groups is 1. The second kappa shape index (κ2) is 8.73. The van der Waals surface area contributed by atoms with Gasteiger partial charge in [0.05, 0.1) is 26.3 Å². The summed E-state index contributed by atoms with van der Waals surface area (Å²) in [5.41, 5.74) is 1.31. The summed E-state index contributed by atoms with van der Waals surface area (Å²) >= 11 is 0. The van der Waals surface area contributed by atoms with Gasteiger partial charge in [0.25, 0.3) is 0 Å². The first-order valence-corrected chi connectivity index (χ1v) is 9.68. The largest absolute Gasteiger partial charge is 0.488 e. The average Bonchev–Trinajstić information content (AvgIpc) is 3.08. The molecule has 2 aliphatic rings. The van der Waals surface area contributed by atoms with Gasteiger partial charge in [0.15, 0.2) is 5.96 Å². The zero-order chi connectivity index (χ0) is 18.4. The molecule has 1 aromatic rings. The molecule has 1 saturated heterocycles. The molecule has 0 saturated carbocycles. The van der Waals surface area contributed by atoms with Crippen LogP contribution in [-0.2, 0) is 11.2 Å². The minimum absolute atomic E-state index is 0.0201. The molecule has 1 atom stereocenters. The maximum Gasteiger partial charge on any atom is 0.191 e. The Hall–Kier alpha value is -1.79. The fourth-order valence-electron chi connectivity index (χ4n) is 3.46. The van der Waals surface area contributed by atoms with Crippen molar-refractivity contribution in [1.82, 2.24) is 15.5 Å². The third-order valence-corrected chi connectivity index (χ3v) is 5.05. The highest BCUT2D eigenvalue weighted by Crippen LogP contribution is 2.27. The highest BCUT2D eigenvalue weighted by Gasteiger charge is 2.28. The van der Waals surface area contributed by atoms with E-state index in [1.165, 1.54) is 5.56 Å². The van der Waals surface area contributed by atoms with Gasteiger partial charge in [0.1, 0.15) is 11.9 Å². The highest BCUT2D eigenvalue weighted by atomic mass is 16.5. The SMILES string of the molecule is CCNC(=NCC(C)(C)N1CCOCC1)NCC1Cc2ccccc2O1. The molecule has 0 aromatic heterocycles. The van der Waals surface area contributed by atoms with Crippen LogP contribution in [0.1, 0.15) is 26.3 Å². The summed E-state index contributed by atoms with van der Waals surface area (Å²) in [4.78, 5) is 7.29. The molecule has 2 heterocycles. The van der Waals surface area contributed by atoms with Crippen LogP contribution in [0.2, 0.25) is 0 Å². The number of ether oxygens (including phenoxy) is 2. The Morgan fingerprint density at radius 2 is 2.00 bits per heavy atom. The van der Waals surface area contributed by atoms with Crippen LogP contribution in [0.5, 0.6) is 5.75 Å². The summed E-state index contributed by atoms with van der Waals surface area (Å²) < 4.78 is 11.5. The lowest BCUT2D eigenvalue weighted by atomic mass is 10.0. The smallest absolute Gasteiger partial charge is 0.191 e. The molecule has 6 nitrogen and oxygen atoms in total. The van der Waals surface area contributed by atoms with Crippen LogP contribution < -0.4 is 15.4 Å². The quantitative estimate of drug-likeness (QED) is 0.597. The average molecular weight is 361 g/mol. The molecule has 1 fully saturated rings. The van der Waals surface area contributed by atoms with Crippen molar-refractivity contribution in [3.8, 4) is 5.75 Å².